The molecule has 1 N–H and O–H groups in total. The van der Waals surface area contributed by atoms with Gasteiger partial charge >= 0.3 is 0 Å². The Morgan fingerprint density at radius 1 is 1.58 bits per heavy atom. The van der Waals surface area contributed by atoms with E-state index in [9.17, 15) is 0 Å². The molecule has 1 heterocycles. The number of aromatic nitrogens is 2. The second kappa shape index (κ2) is 2.29. The summed E-state index contributed by atoms with van der Waals surface area (Å²) < 4.78 is 4.88. The number of aliphatic hydroxyl groups is 1. The Morgan fingerprint density at radius 2 is 2.25 bits per heavy atom. The van der Waals surface area contributed by atoms with Gasteiger partial charge in [0.15, 0.2) is 5.82 Å². The van der Waals surface area contributed by atoms with Crippen molar-refractivity contribution < 1.29 is 9.63 Å². The van der Waals surface area contributed by atoms with Crippen LogP contribution in [0.4, 0.5) is 0 Å². The van der Waals surface area contributed by atoms with E-state index in [-0.39, 0.29) is 5.41 Å². The lowest BCUT2D eigenvalue weighted by Crippen LogP contribution is -2.02. The summed E-state index contributed by atoms with van der Waals surface area (Å²) in [5.74, 6) is 1.05. The molecule has 0 aliphatic heterocycles. The van der Waals surface area contributed by atoms with Gasteiger partial charge in [-0.15, -0.1) is 0 Å². The molecular weight excluding hydrogens is 156 g/mol. The van der Waals surface area contributed by atoms with Gasteiger partial charge in [0.2, 0.25) is 0 Å². The van der Waals surface area contributed by atoms with E-state index in [0.717, 1.165) is 18.7 Å². The first-order valence-corrected chi connectivity index (χ1v) is 4.14. The second-order valence-electron chi connectivity index (χ2n) is 3.69. The molecule has 2 rings (SSSR count). The van der Waals surface area contributed by atoms with Crippen LogP contribution in [-0.2, 0) is 5.41 Å². The third-order valence-corrected chi connectivity index (χ3v) is 2.34. The highest BCUT2D eigenvalue weighted by Gasteiger charge is 2.43. The Morgan fingerprint density at radius 3 is 2.67 bits per heavy atom. The van der Waals surface area contributed by atoms with Crippen molar-refractivity contribution in [3.8, 4) is 0 Å². The number of hydrogen-bond donors (Lipinski definition) is 1. The molecule has 4 nitrogen and oxygen atoms in total. The van der Waals surface area contributed by atoms with Crippen LogP contribution < -0.4 is 0 Å². The molecule has 1 aliphatic rings. The van der Waals surface area contributed by atoms with Gasteiger partial charge < -0.3 is 9.63 Å². The third-order valence-electron chi connectivity index (χ3n) is 2.34. The zero-order valence-corrected chi connectivity index (χ0v) is 7.24. The van der Waals surface area contributed by atoms with E-state index in [1.165, 1.54) is 0 Å². The summed E-state index contributed by atoms with van der Waals surface area (Å²) in [7, 11) is 0. The lowest BCUT2D eigenvalue weighted by molar-refractivity contribution is 0.151. The van der Waals surface area contributed by atoms with Crippen LogP contribution in [-0.4, -0.2) is 15.2 Å². The lowest BCUT2D eigenvalue weighted by Gasteiger charge is -1.97. The molecule has 12 heavy (non-hydrogen) atoms. The van der Waals surface area contributed by atoms with Crippen molar-refractivity contribution in [1.82, 2.24) is 10.1 Å². The maximum Gasteiger partial charge on any atom is 0.255 e. The average molecular weight is 168 g/mol. The molecule has 0 aromatic carbocycles. The zero-order chi connectivity index (χ0) is 8.77. The molecule has 0 radical (unpaired) electrons. The van der Waals surface area contributed by atoms with E-state index < -0.39 is 6.10 Å². The molecule has 1 unspecified atom stereocenters. The van der Waals surface area contributed by atoms with Gasteiger partial charge in [0.05, 0.1) is 0 Å². The van der Waals surface area contributed by atoms with E-state index in [4.69, 9.17) is 9.63 Å². The first-order chi connectivity index (χ1) is 5.62. The van der Waals surface area contributed by atoms with Gasteiger partial charge in [-0.25, -0.2) is 0 Å². The van der Waals surface area contributed by atoms with Crippen LogP contribution in [0.3, 0.4) is 0 Å². The van der Waals surface area contributed by atoms with Crippen molar-refractivity contribution in [3.63, 3.8) is 0 Å². The topological polar surface area (TPSA) is 59.2 Å². The van der Waals surface area contributed by atoms with Crippen molar-refractivity contribution in [3.05, 3.63) is 11.7 Å². The Hall–Kier alpha value is -0.900. The van der Waals surface area contributed by atoms with Crippen molar-refractivity contribution in [2.75, 3.05) is 0 Å². The number of rotatable bonds is 2. The highest BCUT2D eigenvalue weighted by Crippen LogP contribution is 2.46. The van der Waals surface area contributed by atoms with Crippen molar-refractivity contribution in [1.29, 1.82) is 0 Å². The highest BCUT2D eigenvalue weighted by atomic mass is 16.5. The predicted octanol–water partition coefficient (Wildman–Crippen LogP) is 1.17. The molecule has 0 amide bonds. The number of nitrogens with zero attached hydrogens (tertiary/aromatic N) is 2. The van der Waals surface area contributed by atoms with E-state index in [0.29, 0.717) is 5.89 Å². The normalized spacial score (nSPS) is 22.2. The fraction of sp³-hybridized carbons (Fsp3) is 0.750. The summed E-state index contributed by atoms with van der Waals surface area (Å²) in [6.07, 6.45) is 1.57. The SMILES string of the molecule is CC(O)c1nc(C2(C)CC2)no1. The van der Waals surface area contributed by atoms with Crippen LogP contribution >= 0.6 is 0 Å². The Bertz CT molecular complexity index is 289. The minimum Gasteiger partial charge on any atom is -0.384 e. The van der Waals surface area contributed by atoms with Crippen LogP contribution in [0.5, 0.6) is 0 Å². The molecule has 0 saturated heterocycles. The Labute approximate surface area is 70.6 Å². The Balaban J connectivity index is 2.25. The summed E-state index contributed by atoms with van der Waals surface area (Å²) >= 11 is 0. The fourth-order valence-corrected chi connectivity index (χ4v) is 1.06. The average Bonchev–Trinajstić information content (AvgIpc) is 2.61. The standard InChI is InChI=1S/C8H12N2O2/c1-5(11)6-9-7(10-12-6)8(2)3-4-8/h5,11H,3-4H2,1-2H3. The van der Waals surface area contributed by atoms with Crippen molar-refractivity contribution >= 4 is 0 Å². The molecule has 1 saturated carbocycles. The third kappa shape index (κ3) is 1.12. The van der Waals surface area contributed by atoms with Crippen molar-refractivity contribution in [2.45, 2.75) is 38.2 Å². The first-order valence-electron chi connectivity index (χ1n) is 4.14. The van der Waals surface area contributed by atoms with Gasteiger partial charge in [-0.3, -0.25) is 0 Å². The van der Waals surface area contributed by atoms with Gasteiger partial charge in [-0.1, -0.05) is 12.1 Å². The fourth-order valence-electron chi connectivity index (χ4n) is 1.06. The van der Waals surface area contributed by atoms with Gasteiger partial charge in [-0.2, -0.15) is 4.98 Å². The summed E-state index contributed by atoms with van der Waals surface area (Å²) in [5, 5.41) is 13.0. The molecule has 4 heteroatoms. The molecule has 1 aromatic rings. The van der Waals surface area contributed by atoms with Crippen LogP contribution in [0.15, 0.2) is 4.52 Å². The Kier molecular flexibility index (Phi) is 1.48. The quantitative estimate of drug-likeness (QED) is 0.720. The maximum atomic E-state index is 9.13. The minimum absolute atomic E-state index is 0.122. The monoisotopic (exact) mass is 168 g/mol. The van der Waals surface area contributed by atoms with E-state index in [2.05, 4.69) is 17.1 Å². The molecule has 1 atom stereocenters. The van der Waals surface area contributed by atoms with Crippen LogP contribution in [0.25, 0.3) is 0 Å². The first kappa shape index (κ1) is 7.73. The summed E-state index contributed by atoms with van der Waals surface area (Å²) in [6.45, 7) is 3.72. The summed E-state index contributed by atoms with van der Waals surface area (Å²) in [6, 6.07) is 0. The molecular formula is C8H12N2O2. The van der Waals surface area contributed by atoms with Crippen LogP contribution in [0.1, 0.15) is 44.5 Å². The van der Waals surface area contributed by atoms with Crippen LogP contribution in [0.2, 0.25) is 0 Å². The zero-order valence-electron chi connectivity index (χ0n) is 7.24. The maximum absolute atomic E-state index is 9.13. The molecule has 0 bridgehead atoms. The molecule has 0 spiro atoms. The second-order valence-corrected chi connectivity index (χ2v) is 3.69. The largest absolute Gasteiger partial charge is 0.384 e. The lowest BCUT2D eigenvalue weighted by atomic mass is 10.1. The summed E-state index contributed by atoms with van der Waals surface area (Å²) in [5.41, 5.74) is 0.122. The number of hydrogen-bond acceptors (Lipinski definition) is 4. The highest BCUT2D eigenvalue weighted by molar-refractivity contribution is 5.14. The predicted molar refractivity (Wildman–Crippen MR) is 41.5 cm³/mol. The smallest absolute Gasteiger partial charge is 0.255 e. The number of aliphatic hydroxyl groups excluding tert-OH is 1. The van der Waals surface area contributed by atoms with E-state index >= 15 is 0 Å². The van der Waals surface area contributed by atoms with Gasteiger partial charge in [-0.05, 0) is 19.8 Å². The van der Waals surface area contributed by atoms with Gasteiger partial charge in [0.25, 0.3) is 5.89 Å². The van der Waals surface area contributed by atoms with Crippen molar-refractivity contribution in [2.24, 2.45) is 0 Å². The summed E-state index contributed by atoms with van der Waals surface area (Å²) in [4.78, 5) is 4.12. The van der Waals surface area contributed by atoms with Gasteiger partial charge in [0, 0.05) is 5.41 Å². The van der Waals surface area contributed by atoms with E-state index in [1.807, 2.05) is 0 Å². The molecule has 1 aliphatic carbocycles. The molecule has 1 fully saturated rings. The van der Waals surface area contributed by atoms with Gasteiger partial charge in [0.1, 0.15) is 6.10 Å². The molecule has 1 aromatic heterocycles. The van der Waals surface area contributed by atoms with Crippen LogP contribution in [0, 0.1) is 0 Å². The minimum atomic E-state index is -0.659. The van der Waals surface area contributed by atoms with E-state index in [1.54, 1.807) is 6.92 Å². The molecule has 66 valence electrons.